The van der Waals surface area contributed by atoms with Crippen molar-refractivity contribution in [1.82, 2.24) is 5.32 Å². The molecule has 9 nitrogen and oxygen atoms in total. The monoisotopic (exact) mass is 504 g/mol. The number of amidine groups is 1. The van der Waals surface area contributed by atoms with Crippen LogP contribution in [0.4, 0.5) is 5.69 Å². The Hall–Kier alpha value is -3.66. The van der Waals surface area contributed by atoms with Gasteiger partial charge < -0.3 is 26.8 Å². The van der Waals surface area contributed by atoms with E-state index in [1.54, 1.807) is 68.0 Å². The minimum atomic E-state index is -0.564. The van der Waals surface area contributed by atoms with Crippen molar-refractivity contribution < 1.29 is 14.3 Å². The molecule has 0 spiro atoms. The molecule has 0 bridgehead atoms. The molecule has 7 N–H and O–H groups in total. The number of fused-ring (bicyclic) bond motifs is 1. The standard InChI is InChI=1S/C23H24N6O3.2ClH/c1-27-12-28-13-29-17-6-2-14(3-7-17)23(31)32-20-9-5-15-10-16(22(25)26)4-8-18(15)19(20)11-21(24)30;;/h2-10,13,27H,11-12H2,1H3,(H2,24,30)(H3,25,26)(H,28,29);2*1H. The van der Waals surface area contributed by atoms with Crippen LogP contribution in [0.25, 0.3) is 10.8 Å². The van der Waals surface area contributed by atoms with Gasteiger partial charge in [0.2, 0.25) is 5.91 Å². The number of amides is 1. The number of nitrogens with zero attached hydrogens (tertiary/aromatic N) is 1. The first-order chi connectivity index (χ1) is 15.4. The quantitative estimate of drug-likeness (QED) is 0.130. The summed E-state index contributed by atoms with van der Waals surface area (Å²) in [6.45, 7) is 0.493. The molecule has 0 aromatic heterocycles. The molecule has 3 aromatic carbocycles. The first-order valence-corrected chi connectivity index (χ1v) is 9.79. The summed E-state index contributed by atoms with van der Waals surface area (Å²) < 4.78 is 5.60. The SMILES string of the molecule is CNC/N=C/Nc1ccc(C(=O)Oc2ccc3cc(C(=N)N)ccc3c2CC(N)=O)cc1.Cl.Cl. The van der Waals surface area contributed by atoms with E-state index in [1.165, 1.54) is 0 Å². The van der Waals surface area contributed by atoms with Gasteiger partial charge in [-0.25, -0.2) is 4.79 Å². The molecule has 0 radical (unpaired) electrons. The van der Waals surface area contributed by atoms with Gasteiger partial charge in [0.05, 0.1) is 25.0 Å². The molecule has 1 amide bonds. The van der Waals surface area contributed by atoms with Crippen LogP contribution in [0.3, 0.4) is 0 Å². The predicted molar refractivity (Wildman–Crippen MR) is 140 cm³/mol. The zero-order chi connectivity index (χ0) is 23.1. The minimum absolute atomic E-state index is 0. The van der Waals surface area contributed by atoms with Crippen molar-refractivity contribution in [2.24, 2.45) is 16.5 Å². The zero-order valence-corrected chi connectivity index (χ0v) is 20.0. The second-order valence-electron chi connectivity index (χ2n) is 6.97. The molecular formula is C23H26Cl2N6O3. The number of carbonyl (C=O) groups is 2. The van der Waals surface area contributed by atoms with Crippen LogP contribution in [-0.2, 0) is 11.2 Å². The van der Waals surface area contributed by atoms with Crippen molar-refractivity contribution in [1.29, 1.82) is 5.41 Å². The Morgan fingerprint density at radius 3 is 2.32 bits per heavy atom. The van der Waals surface area contributed by atoms with Crippen molar-refractivity contribution in [2.45, 2.75) is 6.42 Å². The summed E-state index contributed by atoms with van der Waals surface area (Å²) in [7, 11) is 1.80. The van der Waals surface area contributed by atoms with Gasteiger partial charge in [-0.2, -0.15) is 0 Å². The Balaban J connectivity index is 0.00000289. The maximum atomic E-state index is 12.7. The molecule has 0 saturated heterocycles. The summed E-state index contributed by atoms with van der Waals surface area (Å²) in [5.74, 6) is -0.935. The number of ether oxygens (including phenoxy) is 1. The van der Waals surface area contributed by atoms with Crippen LogP contribution in [0.1, 0.15) is 21.5 Å². The number of carbonyl (C=O) groups excluding carboxylic acids is 2. The van der Waals surface area contributed by atoms with E-state index in [-0.39, 0.29) is 42.8 Å². The highest BCUT2D eigenvalue weighted by atomic mass is 35.5. The number of hydrogen-bond donors (Lipinski definition) is 5. The number of hydrogen-bond acceptors (Lipinski definition) is 6. The summed E-state index contributed by atoms with van der Waals surface area (Å²) in [5, 5.41) is 14.9. The molecule has 0 atom stereocenters. The smallest absolute Gasteiger partial charge is 0.343 e. The number of primary amides is 1. The van der Waals surface area contributed by atoms with Gasteiger partial charge in [-0.3, -0.25) is 15.2 Å². The highest BCUT2D eigenvalue weighted by Crippen LogP contribution is 2.30. The number of esters is 1. The molecule has 0 unspecified atom stereocenters. The van der Waals surface area contributed by atoms with E-state index in [2.05, 4.69) is 15.6 Å². The molecule has 0 fully saturated rings. The van der Waals surface area contributed by atoms with Gasteiger partial charge in [-0.15, -0.1) is 24.8 Å². The number of nitrogens with one attached hydrogen (secondary N) is 3. The predicted octanol–water partition coefficient (Wildman–Crippen LogP) is 2.83. The molecular weight excluding hydrogens is 479 g/mol. The van der Waals surface area contributed by atoms with Crippen LogP contribution < -0.4 is 26.8 Å². The second-order valence-corrected chi connectivity index (χ2v) is 6.97. The molecule has 0 aliphatic carbocycles. The Kier molecular flexibility index (Phi) is 11.0. The van der Waals surface area contributed by atoms with Gasteiger partial charge in [-0.1, -0.05) is 18.2 Å². The normalized spacial score (nSPS) is 10.3. The molecule has 0 aliphatic heterocycles. The van der Waals surface area contributed by atoms with Crippen molar-refractivity contribution in [3.8, 4) is 5.75 Å². The Morgan fingerprint density at radius 2 is 1.71 bits per heavy atom. The first kappa shape index (κ1) is 28.4. The molecule has 34 heavy (non-hydrogen) atoms. The lowest BCUT2D eigenvalue weighted by molar-refractivity contribution is -0.117. The van der Waals surface area contributed by atoms with Crippen molar-refractivity contribution in [2.75, 3.05) is 19.0 Å². The van der Waals surface area contributed by atoms with Crippen molar-refractivity contribution in [3.05, 3.63) is 71.3 Å². The third-order valence-corrected chi connectivity index (χ3v) is 4.65. The van der Waals surface area contributed by atoms with E-state index < -0.39 is 11.9 Å². The molecule has 3 aromatic rings. The number of nitrogens with two attached hydrogens (primary N) is 2. The molecule has 0 saturated carbocycles. The number of anilines is 1. The third-order valence-electron chi connectivity index (χ3n) is 4.65. The maximum absolute atomic E-state index is 12.7. The number of benzene rings is 3. The van der Waals surface area contributed by atoms with E-state index in [0.29, 0.717) is 28.7 Å². The second kappa shape index (κ2) is 13.1. The molecule has 11 heteroatoms. The van der Waals surface area contributed by atoms with E-state index >= 15 is 0 Å². The maximum Gasteiger partial charge on any atom is 0.343 e. The fourth-order valence-corrected chi connectivity index (χ4v) is 3.11. The van der Waals surface area contributed by atoms with E-state index in [0.717, 1.165) is 11.1 Å². The van der Waals surface area contributed by atoms with Crippen LogP contribution in [0.15, 0.2) is 59.6 Å². The van der Waals surface area contributed by atoms with Gasteiger partial charge in [0, 0.05) is 16.8 Å². The Labute approximate surface area is 209 Å². The third kappa shape index (κ3) is 7.17. The number of aliphatic imine (C=N–C) groups is 1. The lowest BCUT2D eigenvalue weighted by Gasteiger charge is -2.13. The van der Waals surface area contributed by atoms with Gasteiger partial charge in [-0.05, 0) is 54.2 Å². The van der Waals surface area contributed by atoms with Gasteiger partial charge >= 0.3 is 5.97 Å². The fraction of sp³-hybridized carbons (Fsp3) is 0.130. The Bertz CT molecular complexity index is 1200. The summed E-state index contributed by atoms with van der Waals surface area (Å²) in [6.07, 6.45) is 1.46. The Morgan fingerprint density at radius 1 is 1.03 bits per heavy atom. The van der Waals surface area contributed by atoms with Gasteiger partial charge in [0.15, 0.2) is 0 Å². The topological polar surface area (TPSA) is 156 Å². The highest BCUT2D eigenvalue weighted by molar-refractivity contribution is 6.01. The van der Waals surface area contributed by atoms with E-state index in [1.807, 2.05) is 0 Å². The van der Waals surface area contributed by atoms with Gasteiger partial charge in [0.1, 0.15) is 11.6 Å². The first-order valence-electron chi connectivity index (χ1n) is 9.79. The molecule has 0 heterocycles. The van der Waals surface area contributed by atoms with Gasteiger partial charge in [0.25, 0.3) is 0 Å². The minimum Gasteiger partial charge on any atom is -0.423 e. The summed E-state index contributed by atoms with van der Waals surface area (Å²) in [6, 6.07) is 15.2. The van der Waals surface area contributed by atoms with Crippen LogP contribution >= 0.6 is 24.8 Å². The van der Waals surface area contributed by atoms with Crippen LogP contribution in [0, 0.1) is 5.41 Å². The molecule has 180 valence electrons. The molecule has 0 aliphatic rings. The van der Waals surface area contributed by atoms with Crippen LogP contribution in [0.2, 0.25) is 0 Å². The van der Waals surface area contributed by atoms with E-state index in [9.17, 15) is 9.59 Å². The highest BCUT2D eigenvalue weighted by Gasteiger charge is 2.16. The fourth-order valence-electron chi connectivity index (χ4n) is 3.11. The lowest BCUT2D eigenvalue weighted by atomic mass is 9.98. The lowest BCUT2D eigenvalue weighted by Crippen LogP contribution is -2.16. The number of rotatable bonds is 9. The average molecular weight is 505 g/mol. The number of halogens is 2. The summed E-state index contributed by atoms with van der Waals surface area (Å²) in [4.78, 5) is 28.4. The van der Waals surface area contributed by atoms with E-state index in [4.69, 9.17) is 21.6 Å². The van der Waals surface area contributed by atoms with Crippen LogP contribution in [-0.4, -0.2) is 37.8 Å². The zero-order valence-electron chi connectivity index (χ0n) is 18.3. The van der Waals surface area contributed by atoms with Crippen LogP contribution in [0.5, 0.6) is 5.75 Å². The molecule has 3 rings (SSSR count). The summed E-state index contributed by atoms with van der Waals surface area (Å²) >= 11 is 0. The average Bonchev–Trinajstić information content (AvgIpc) is 2.78. The van der Waals surface area contributed by atoms with Crippen molar-refractivity contribution in [3.63, 3.8) is 0 Å². The van der Waals surface area contributed by atoms with Crippen molar-refractivity contribution >= 4 is 65.3 Å². The summed E-state index contributed by atoms with van der Waals surface area (Å²) in [5.41, 5.74) is 13.1. The number of nitrogen functional groups attached to an aromatic ring is 1. The largest absolute Gasteiger partial charge is 0.423 e.